The maximum atomic E-state index is 12.7. The van der Waals surface area contributed by atoms with E-state index in [0.29, 0.717) is 33.8 Å². The van der Waals surface area contributed by atoms with Gasteiger partial charge in [-0.25, -0.2) is 4.98 Å². The van der Waals surface area contributed by atoms with Crippen LogP contribution in [0, 0.1) is 0 Å². The second-order valence-electron chi connectivity index (χ2n) is 6.81. The van der Waals surface area contributed by atoms with Crippen LogP contribution < -0.4 is 5.32 Å². The van der Waals surface area contributed by atoms with E-state index in [9.17, 15) is 9.59 Å². The van der Waals surface area contributed by atoms with Gasteiger partial charge in [-0.15, -0.1) is 23.1 Å². The first kappa shape index (κ1) is 19.1. The molecule has 0 bridgehead atoms. The van der Waals surface area contributed by atoms with Crippen molar-refractivity contribution >= 4 is 63.2 Å². The number of thiazole rings is 1. The number of carbonyl (C=O) groups is 2. The number of nitrogens with one attached hydrogen (secondary N) is 1. The Labute approximate surface area is 175 Å². The Morgan fingerprint density at radius 2 is 2.22 bits per heavy atom. The van der Waals surface area contributed by atoms with Crippen LogP contribution in [0.4, 0.5) is 5.13 Å². The van der Waals surface area contributed by atoms with Crippen molar-refractivity contribution in [2.45, 2.75) is 37.1 Å². The first-order chi connectivity index (χ1) is 12.9. The molecule has 0 saturated carbocycles. The standard InChI is InChI=1S/C18H17Cl2N3O2S2/c1-18-5-4-15(24)23(18)14(9-26-18)16(25)22-17-21-8-11(27-17)6-10-2-3-12(19)13(20)7-10/h2-3,7-8,14H,4-6,9H2,1H3,(H,21,22,25). The number of amides is 2. The lowest BCUT2D eigenvalue weighted by Gasteiger charge is -2.29. The number of hydrogen-bond acceptors (Lipinski definition) is 5. The number of nitrogens with zero attached hydrogens (tertiary/aromatic N) is 2. The summed E-state index contributed by atoms with van der Waals surface area (Å²) in [6, 6.07) is 5.08. The van der Waals surface area contributed by atoms with E-state index in [4.69, 9.17) is 23.2 Å². The summed E-state index contributed by atoms with van der Waals surface area (Å²) in [7, 11) is 0. The minimum atomic E-state index is -0.433. The summed E-state index contributed by atoms with van der Waals surface area (Å²) in [4.78, 5) is 31.7. The Morgan fingerprint density at radius 3 is 3.00 bits per heavy atom. The summed E-state index contributed by atoms with van der Waals surface area (Å²) in [6.45, 7) is 2.04. The molecule has 2 saturated heterocycles. The molecule has 4 rings (SSSR count). The average molecular weight is 442 g/mol. The maximum absolute atomic E-state index is 12.7. The predicted molar refractivity (Wildman–Crippen MR) is 111 cm³/mol. The number of carbonyl (C=O) groups excluding carboxylic acids is 2. The molecule has 2 atom stereocenters. The molecule has 1 N–H and O–H groups in total. The van der Waals surface area contributed by atoms with E-state index in [-0.39, 0.29) is 16.7 Å². The van der Waals surface area contributed by atoms with Gasteiger partial charge in [0.1, 0.15) is 6.04 Å². The molecule has 0 spiro atoms. The first-order valence-electron chi connectivity index (χ1n) is 8.51. The Bertz CT molecular complexity index is 920. The lowest BCUT2D eigenvalue weighted by Crippen LogP contribution is -2.48. The summed E-state index contributed by atoms with van der Waals surface area (Å²) >= 11 is 15.1. The number of hydrogen-bond donors (Lipinski definition) is 1. The van der Waals surface area contributed by atoms with Gasteiger partial charge in [-0.1, -0.05) is 29.3 Å². The van der Waals surface area contributed by atoms with Crippen molar-refractivity contribution in [1.82, 2.24) is 9.88 Å². The van der Waals surface area contributed by atoms with Gasteiger partial charge in [0, 0.05) is 29.7 Å². The Morgan fingerprint density at radius 1 is 1.41 bits per heavy atom. The van der Waals surface area contributed by atoms with Crippen LogP contribution in [-0.2, 0) is 16.0 Å². The number of anilines is 1. The summed E-state index contributed by atoms with van der Waals surface area (Å²) < 4.78 is 0. The van der Waals surface area contributed by atoms with Crippen LogP contribution in [0.15, 0.2) is 24.4 Å². The third kappa shape index (κ3) is 3.70. The van der Waals surface area contributed by atoms with Crippen molar-refractivity contribution in [3.05, 3.63) is 44.9 Å². The lowest BCUT2D eigenvalue weighted by molar-refractivity contribution is -0.135. The molecule has 2 aliphatic rings. The molecule has 1 aromatic heterocycles. The molecule has 2 aliphatic heterocycles. The Kier molecular flexibility index (Phi) is 5.14. The summed E-state index contributed by atoms with van der Waals surface area (Å²) in [5.74, 6) is 0.509. The van der Waals surface area contributed by atoms with Crippen molar-refractivity contribution in [1.29, 1.82) is 0 Å². The number of fused-ring (bicyclic) bond motifs is 1. The highest BCUT2D eigenvalue weighted by Gasteiger charge is 2.52. The minimum absolute atomic E-state index is 0.0575. The molecular formula is C18H17Cl2N3O2S2. The van der Waals surface area contributed by atoms with Crippen molar-refractivity contribution in [3.8, 4) is 0 Å². The monoisotopic (exact) mass is 441 g/mol. The van der Waals surface area contributed by atoms with Crippen LogP contribution in [0.2, 0.25) is 10.0 Å². The van der Waals surface area contributed by atoms with E-state index < -0.39 is 6.04 Å². The van der Waals surface area contributed by atoms with Crippen LogP contribution in [0.1, 0.15) is 30.2 Å². The zero-order chi connectivity index (χ0) is 19.2. The highest BCUT2D eigenvalue weighted by Crippen LogP contribution is 2.47. The summed E-state index contributed by atoms with van der Waals surface area (Å²) in [5, 5.41) is 4.46. The van der Waals surface area contributed by atoms with Gasteiger partial charge in [0.25, 0.3) is 0 Å². The number of thioether (sulfide) groups is 1. The van der Waals surface area contributed by atoms with Gasteiger partial charge in [-0.05, 0) is 31.0 Å². The fraction of sp³-hybridized carbons (Fsp3) is 0.389. The molecule has 2 aromatic rings. The normalized spacial score (nSPS) is 24.3. The molecule has 142 valence electrons. The molecule has 9 heteroatoms. The zero-order valence-electron chi connectivity index (χ0n) is 14.5. The molecule has 1 aromatic carbocycles. The predicted octanol–water partition coefficient (Wildman–Crippen LogP) is 4.43. The fourth-order valence-electron chi connectivity index (χ4n) is 3.50. The van der Waals surface area contributed by atoms with Crippen LogP contribution in [0.3, 0.4) is 0 Å². The zero-order valence-corrected chi connectivity index (χ0v) is 17.6. The SMILES string of the molecule is CC12CCC(=O)N1C(C(=O)Nc1ncc(Cc3ccc(Cl)c(Cl)c3)s1)CS2. The van der Waals surface area contributed by atoms with E-state index >= 15 is 0 Å². The molecule has 3 heterocycles. The van der Waals surface area contributed by atoms with E-state index in [1.807, 2.05) is 19.1 Å². The Balaban J connectivity index is 1.42. The average Bonchev–Trinajstić information content (AvgIpc) is 3.27. The van der Waals surface area contributed by atoms with Gasteiger partial charge in [-0.3, -0.25) is 9.59 Å². The van der Waals surface area contributed by atoms with Crippen LogP contribution in [0.5, 0.6) is 0 Å². The second-order valence-corrected chi connectivity index (χ2v) is 10.2. The molecule has 2 unspecified atom stereocenters. The van der Waals surface area contributed by atoms with E-state index in [0.717, 1.165) is 16.9 Å². The largest absolute Gasteiger partial charge is 0.315 e. The van der Waals surface area contributed by atoms with Gasteiger partial charge in [0.15, 0.2) is 5.13 Å². The van der Waals surface area contributed by atoms with Crippen molar-refractivity contribution < 1.29 is 9.59 Å². The summed E-state index contributed by atoms with van der Waals surface area (Å²) in [6.07, 6.45) is 3.72. The van der Waals surface area contributed by atoms with Crippen LogP contribution in [-0.4, -0.2) is 38.4 Å². The third-order valence-corrected chi connectivity index (χ3v) is 8.05. The van der Waals surface area contributed by atoms with Crippen LogP contribution in [0.25, 0.3) is 0 Å². The summed E-state index contributed by atoms with van der Waals surface area (Å²) in [5.41, 5.74) is 1.02. The highest BCUT2D eigenvalue weighted by molar-refractivity contribution is 8.01. The van der Waals surface area contributed by atoms with Gasteiger partial charge in [0.05, 0.1) is 14.9 Å². The quantitative estimate of drug-likeness (QED) is 0.761. The molecular weight excluding hydrogens is 425 g/mol. The van der Waals surface area contributed by atoms with Gasteiger partial charge in [0.2, 0.25) is 11.8 Å². The van der Waals surface area contributed by atoms with Crippen molar-refractivity contribution in [2.24, 2.45) is 0 Å². The van der Waals surface area contributed by atoms with Crippen molar-refractivity contribution in [3.63, 3.8) is 0 Å². The van der Waals surface area contributed by atoms with E-state index in [2.05, 4.69) is 10.3 Å². The molecule has 0 radical (unpaired) electrons. The van der Waals surface area contributed by atoms with Gasteiger partial charge in [-0.2, -0.15) is 0 Å². The van der Waals surface area contributed by atoms with Gasteiger partial charge < -0.3 is 10.2 Å². The molecule has 2 fully saturated rings. The Hall–Kier alpha value is -1.28. The van der Waals surface area contributed by atoms with Crippen LogP contribution >= 0.6 is 46.3 Å². The number of rotatable bonds is 4. The molecule has 27 heavy (non-hydrogen) atoms. The number of halogens is 2. The van der Waals surface area contributed by atoms with Crippen molar-refractivity contribution in [2.75, 3.05) is 11.1 Å². The second kappa shape index (κ2) is 7.28. The lowest BCUT2D eigenvalue weighted by atomic mass is 10.1. The molecule has 5 nitrogen and oxygen atoms in total. The first-order valence-corrected chi connectivity index (χ1v) is 11.1. The number of aromatic nitrogens is 1. The van der Waals surface area contributed by atoms with Gasteiger partial charge >= 0.3 is 0 Å². The molecule has 0 aliphatic carbocycles. The smallest absolute Gasteiger partial charge is 0.249 e. The fourth-order valence-corrected chi connectivity index (χ4v) is 6.10. The minimum Gasteiger partial charge on any atom is -0.315 e. The molecule has 2 amide bonds. The van der Waals surface area contributed by atoms with E-state index in [1.54, 1.807) is 28.9 Å². The van der Waals surface area contributed by atoms with E-state index in [1.165, 1.54) is 11.3 Å². The highest BCUT2D eigenvalue weighted by atomic mass is 35.5. The topological polar surface area (TPSA) is 62.3 Å². The maximum Gasteiger partial charge on any atom is 0.249 e. The third-order valence-electron chi connectivity index (χ3n) is 4.89. The number of benzene rings is 1.